The average molecular weight is 337 g/mol. The number of nitrogens with zero attached hydrogens (tertiary/aromatic N) is 2. The van der Waals surface area contributed by atoms with E-state index < -0.39 is 0 Å². The number of rotatable bonds is 2. The highest BCUT2D eigenvalue weighted by molar-refractivity contribution is 6.58. The largest absolute Gasteiger partial charge is 0.378 e. The van der Waals surface area contributed by atoms with Gasteiger partial charge in [0.2, 0.25) is 0 Å². The molecule has 22 heavy (non-hydrogen) atoms. The monoisotopic (exact) mass is 336 g/mol. The van der Waals surface area contributed by atoms with Gasteiger partial charge in [0.25, 0.3) is 0 Å². The fourth-order valence-electron chi connectivity index (χ4n) is 2.31. The number of ketones is 1. The highest BCUT2D eigenvalue weighted by Crippen LogP contribution is 2.26. The van der Waals surface area contributed by atoms with E-state index in [-0.39, 0.29) is 15.8 Å². The van der Waals surface area contributed by atoms with Crippen molar-refractivity contribution in [2.75, 3.05) is 31.2 Å². The Kier molecular flexibility index (Phi) is 4.62. The first-order valence-corrected chi connectivity index (χ1v) is 7.70. The maximum atomic E-state index is 11.4. The Hall–Kier alpha value is -1.62. The summed E-state index contributed by atoms with van der Waals surface area (Å²) in [5.74, 6) is -0.298. The lowest BCUT2D eigenvalue weighted by Crippen LogP contribution is -2.36. The Morgan fingerprint density at radius 2 is 1.68 bits per heavy atom. The molecule has 0 saturated carbocycles. The van der Waals surface area contributed by atoms with E-state index in [1.54, 1.807) is 6.08 Å². The zero-order valence-electron chi connectivity index (χ0n) is 11.8. The highest BCUT2D eigenvalue weighted by Gasteiger charge is 2.18. The van der Waals surface area contributed by atoms with Crippen LogP contribution in [0.2, 0.25) is 0 Å². The van der Waals surface area contributed by atoms with Crippen molar-refractivity contribution >= 4 is 46.1 Å². The topological polar surface area (TPSA) is 41.9 Å². The average Bonchev–Trinajstić information content (AvgIpc) is 2.57. The van der Waals surface area contributed by atoms with Gasteiger partial charge in [0.1, 0.15) is 5.03 Å². The lowest BCUT2D eigenvalue weighted by atomic mass is 10.1. The summed E-state index contributed by atoms with van der Waals surface area (Å²) in [7, 11) is 0. The van der Waals surface area contributed by atoms with Crippen molar-refractivity contribution in [3.8, 4) is 0 Å². The van der Waals surface area contributed by atoms with E-state index >= 15 is 0 Å². The number of benzene rings is 1. The van der Waals surface area contributed by atoms with E-state index in [4.69, 9.17) is 27.9 Å². The molecule has 0 aromatic heterocycles. The van der Waals surface area contributed by atoms with Crippen LogP contribution < -0.4 is 4.90 Å². The Morgan fingerprint density at radius 1 is 1.00 bits per heavy atom. The van der Waals surface area contributed by atoms with Crippen LogP contribution in [0, 0.1) is 0 Å². The third kappa shape index (κ3) is 3.24. The number of ether oxygens (including phenoxy) is 1. The second kappa shape index (κ2) is 6.65. The number of aliphatic imine (C=N–C) groups is 1. The quantitative estimate of drug-likeness (QED) is 0.777. The number of hydrogen-bond donors (Lipinski definition) is 0. The minimum Gasteiger partial charge on any atom is -0.378 e. The highest BCUT2D eigenvalue weighted by atomic mass is 35.5. The summed E-state index contributed by atoms with van der Waals surface area (Å²) in [4.78, 5) is 18.1. The Bertz CT molecular complexity index is 672. The molecule has 0 bridgehead atoms. The van der Waals surface area contributed by atoms with Gasteiger partial charge in [-0.05, 0) is 36.4 Å². The van der Waals surface area contributed by atoms with Gasteiger partial charge in [0.05, 0.1) is 29.6 Å². The van der Waals surface area contributed by atoms with Gasteiger partial charge in [0, 0.05) is 18.8 Å². The second-order valence-corrected chi connectivity index (χ2v) is 5.69. The van der Waals surface area contributed by atoms with Gasteiger partial charge in [-0.25, -0.2) is 4.99 Å². The standard InChI is InChI=1S/C16H14Cl2N2O2/c17-15-13(5-6-14(21)16(15)18)19-11-1-3-12(4-2-11)20-7-9-22-10-8-20/h1-6H,7-10H2. The van der Waals surface area contributed by atoms with E-state index in [1.165, 1.54) is 6.08 Å². The third-order valence-corrected chi connectivity index (χ3v) is 4.36. The number of carbonyl (C=O) groups excluding carboxylic acids is 1. The molecular formula is C16H14Cl2N2O2. The molecule has 0 atom stereocenters. The Balaban J connectivity index is 1.80. The Labute approximate surface area is 138 Å². The van der Waals surface area contributed by atoms with Crippen molar-refractivity contribution in [3.63, 3.8) is 0 Å². The van der Waals surface area contributed by atoms with Gasteiger partial charge in [0.15, 0.2) is 5.78 Å². The predicted octanol–water partition coefficient (Wildman–Crippen LogP) is 3.42. The number of anilines is 1. The van der Waals surface area contributed by atoms with Gasteiger partial charge < -0.3 is 9.64 Å². The van der Waals surface area contributed by atoms with Crippen LogP contribution in [0.4, 0.5) is 11.4 Å². The zero-order chi connectivity index (χ0) is 15.5. The first-order valence-electron chi connectivity index (χ1n) is 6.94. The summed E-state index contributed by atoms with van der Waals surface area (Å²) in [5, 5.41) is 0.194. The number of allylic oxidation sites excluding steroid dienone is 4. The normalized spacial score (nSPS) is 20.9. The molecule has 0 spiro atoms. The van der Waals surface area contributed by atoms with E-state index in [2.05, 4.69) is 9.89 Å². The van der Waals surface area contributed by atoms with Crippen LogP contribution in [-0.4, -0.2) is 37.8 Å². The van der Waals surface area contributed by atoms with E-state index in [0.29, 0.717) is 5.71 Å². The van der Waals surface area contributed by atoms with Crippen molar-refractivity contribution in [2.24, 2.45) is 4.99 Å². The maximum Gasteiger partial charge on any atom is 0.198 e. The molecule has 0 amide bonds. The zero-order valence-corrected chi connectivity index (χ0v) is 13.3. The van der Waals surface area contributed by atoms with Crippen LogP contribution in [0.1, 0.15) is 0 Å². The van der Waals surface area contributed by atoms with Crippen LogP contribution >= 0.6 is 23.2 Å². The van der Waals surface area contributed by atoms with Crippen LogP contribution in [0.25, 0.3) is 0 Å². The molecule has 1 aromatic rings. The third-order valence-electron chi connectivity index (χ3n) is 3.50. The lowest BCUT2D eigenvalue weighted by Gasteiger charge is -2.28. The molecule has 6 heteroatoms. The van der Waals surface area contributed by atoms with Crippen LogP contribution in [-0.2, 0) is 9.53 Å². The van der Waals surface area contributed by atoms with Crippen LogP contribution in [0.15, 0.2) is 51.5 Å². The molecule has 1 aliphatic heterocycles. The summed E-state index contributed by atoms with van der Waals surface area (Å²) >= 11 is 11.9. The van der Waals surface area contributed by atoms with E-state index in [9.17, 15) is 4.79 Å². The number of morpholine rings is 1. The minimum absolute atomic E-state index is 0.00727. The van der Waals surface area contributed by atoms with Gasteiger partial charge >= 0.3 is 0 Å². The van der Waals surface area contributed by atoms with Crippen molar-refractivity contribution < 1.29 is 9.53 Å². The molecule has 1 aliphatic carbocycles. The predicted molar refractivity (Wildman–Crippen MR) is 89.4 cm³/mol. The van der Waals surface area contributed by atoms with Gasteiger partial charge in [-0.3, -0.25) is 4.79 Å². The molecule has 0 N–H and O–H groups in total. The molecule has 0 radical (unpaired) electrons. The number of hydrogen-bond acceptors (Lipinski definition) is 4. The molecule has 2 aliphatic rings. The molecule has 0 unspecified atom stereocenters. The molecule has 1 aromatic carbocycles. The minimum atomic E-state index is -0.298. The lowest BCUT2D eigenvalue weighted by molar-refractivity contribution is -0.110. The first-order chi connectivity index (χ1) is 10.6. The second-order valence-electron chi connectivity index (χ2n) is 4.94. The molecule has 114 valence electrons. The van der Waals surface area contributed by atoms with Gasteiger partial charge in [-0.15, -0.1) is 0 Å². The fourth-order valence-corrected chi connectivity index (χ4v) is 2.66. The molecule has 3 rings (SSSR count). The molecule has 1 heterocycles. The van der Waals surface area contributed by atoms with Crippen molar-refractivity contribution in [2.45, 2.75) is 0 Å². The first kappa shape index (κ1) is 15.3. The van der Waals surface area contributed by atoms with Crippen molar-refractivity contribution in [3.05, 3.63) is 46.5 Å². The summed E-state index contributed by atoms with van der Waals surface area (Å²) in [6.07, 6.45) is 2.95. The smallest absolute Gasteiger partial charge is 0.198 e. The molecule has 4 nitrogen and oxygen atoms in total. The fraction of sp³-hybridized carbons (Fsp3) is 0.250. The summed E-state index contributed by atoms with van der Waals surface area (Å²) in [6, 6.07) is 7.86. The maximum absolute atomic E-state index is 11.4. The number of halogens is 2. The molecule has 1 saturated heterocycles. The summed E-state index contributed by atoms with van der Waals surface area (Å²) < 4.78 is 5.35. The van der Waals surface area contributed by atoms with E-state index in [0.717, 1.165) is 37.7 Å². The van der Waals surface area contributed by atoms with Gasteiger partial charge in [-0.2, -0.15) is 0 Å². The van der Waals surface area contributed by atoms with Crippen LogP contribution in [0.5, 0.6) is 0 Å². The van der Waals surface area contributed by atoms with Crippen molar-refractivity contribution in [1.82, 2.24) is 0 Å². The number of carbonyl (C=O) groups is 1. The molecule has 1 fully saturated rings. The SMILES string of the molecule is O=C1C=CC(=Nc2ccc(N3CCOCC3)cc2)C(Cl)=C1Cl. The van der Waals surface area contributed by atoms with Crippen LogP contribution in [0.3, 0.4) is 0 Å². The summed E-state index contributed by atoms with van der Waals surface area (Å²) in [6.45, 7) is 3.29. The summed E-state index contributed by atoms with van der Waals surface area (Å²) in [5.41, 5.74) is 2.39. The molecular weight excluding hydrogens is 323 g/mol. The van der Waals surface area contributed by atoms with E-state index in [1.807, 2.05) is 24.3 Å². The van der Waals surface area contributed by atoms with Gasteiger partial charge in [-0.1, -0.05) is 23.2 Å². The van der Waals surface area contributed by atoms with Crippen molar-refractivity contribution in [1.29, 1.82) is 0 Å². The Morgan fingerprint density at radius 3 is 2.36 bits per heavy atom.